The molecule has 2 aliphatic rings. The highest BCUT2D eigenvalue weighted by Crippen LogP contribution is 2.33. The van der Waals surface area contributed by atoms with Crippen molar-refractivity contribution in [3.8, 4) is 22.9 Å². The third-order valence-corrected chi connectivity index (χ3v) is 7.07. The van der Waals surface area contributed by atoms with Crippen molar-refractivity contribution in [3.63, 3.8) is 0 Å². The maximum absolute atomic E-state index is 13.0. The quantitative estimate of drug-likeness (QED) is 0.378. The highest BCUT2D eigenvalue weighted by Gasteiger charge is 2.30. The van der Waals surface area contributed by atoms with E-state index >= 15 is 0 Å². The van der Waals surface area contributed by atoms with Gasteiger partial charge in [-0.25, -0.2) is 9.97 Å². The number of piperazine rings is 1. The van der Waals surface area contributed by atoms with E-state index in [1.54, 1.807) is 18.2 Å². The van der Waals surface area contributed by atoms with Crippen LogP contribution in [0.5, 0.6) is 11.5 Å². The Morgan fingerprint density at radius 2 is 1.78 bits per heavy atom. The number of primary amides is 1. The van der Waals surface area contributed by atoms with E-state index in [-0.39, 0.29) is 23.2 Å². The lowest BCUT2D eigenvalue weighted by Gasteiger charge is -2.32. The second-order valence-electron chi connectivity index (χ2n) is 10.1. The molecule has 13 heteroatoms. The SMILES string of the molecule is CN1CCN(Cc2cc(Oc3ccc(C(F)(F)F)cc3)ccc2-c2nc(N[C@H]3CCNC3=O)cc(C(N)=O)n2)CC1. The molecule has 0 saturated carbocycles. The number of halogens is 3. The number of nitrogens with one attached hydrogen (secondary N) is 2. The van der Waals surface area contributed by atoms with Gasteiger partial charge in [0, 0.05) is 50.9 Å². The summed E-state index contributed by atoms with van der Waals surface area (Å²) >= 11 is 0. The Bertz CT molecular complexity index is 1420. The molecule has 1 atom stereocenters. The van der Waals surface area contributed by atoms with Crippen molar-refractivity contribution in [1.29, 1.82) is 0 Å². The fourth-order valence-corrected chi connectivity index (χ4v) is 4.76. The number of benzene rings is 2. The third-order valence-electron chi connectivity index (χ3n) is 7.07. The number of likely N-dealkylation sites (N-methyl/N-ethyl adjacent to an activating group) is 1. The molecule has 1 aromatic heterocycles. The molecule has 2 aliphatic heterocycles. The van der Waals surface area contributed by atoms with Gasteiger partial charge < -0.3 is 26.0 Å². The van der Waals surface area contributed by atoms with Crippen LogP contribution < -0.4 is 21.1 Å². The van der Waals surface area contributed by atoms with Crippen molar-refractivity contribution in [2.75, 3.05) is 45.1 Å². The van der Waals surface area contributed by atoms with Gasteiger partial charge in [0.05, 0.1) is 5.56 Å². The molecule has 0 radical (unpaired) electrons. The Balaban J connectivity index is 1.49. The summed E-state index contributed by atoms with van der Waals surface area (Å²) in [5, 5.41) is 5.82. The molecule has 0 spiro atoms. The first-order valence-electron chi connectivity index (χ1n) is 13.2. The van der Waals surface area contributed by atoms with Crippen LogP contribution in [0.1, 0.15) is 28.0 Å². The first-order valence-corrected chi connectivity index (χ1v) is 13.2. The van der Waals surface area contributed by atoms with Gasteiger partial charge in [-0.2, -0.15) is 13.2 Å². The molecule has 3 aromatic rings. The Morgan fingerprint density at radius 3 is 2.41 bits per heavy atom. The number of rotatable bonds is 8. The Morgan fingerprint density at radius 1 is 1.07 bits per heavy atom. The molecule has 41 heavy (non-hydrogen) atoms. The largest absolute Gasteiger partial charge is 0.457 e. The van der Waals surface area contributed by atoms with Crippen molar-refractivity contribution >= 4 is 17.6 Å². The average molecular weight is 570 g/mol. The molecule has 2 saturated heterocycles. The van der Waals surface area contributed by atoms with Crippen LogP contribution in [0, 0.1) is 0 Å². The minimum Gasteiger partial charge on any atom is -0.457 e. The summed E-state index contributed by atoms with van der Waals surface area (Å²) in [5.74, 6) is 0.310. The summed E-state index contributed by atoms with van der Waals surface area (Å²) < 4.78 is 44.8. The molecule has 2 aromatic carbocycles. The van der Waals surface area contributed by atoms with Crippen LogP contribution in [0.15, 0.2) is 48.5 Å². The van der Waals surface area contributed by atoms with E-state index in [2.05, 4.69) is 37.4 Å². The molecular weight excluding hydrogens is 539 g/mol. The number of aromatic nitrogens is 2. The monoisotopic (exact) mass is 569 g/mol. The van der Waals surface area contributed by atoms with Crippen LogP contribution in [0.25, 0.3) is 11.4 Å². The fraction of sp³-hybridized carbons (Fsp3) is 0.357. The zero-order chi connectivity index (χ0) is 29.1. The topological polar surface area (TPSA) is 126 Å². The summed E-state index contributed by atoms with van der Waals surface area (Å²) in [4.78, 5) is 37.8. The molecule has 0 bridgehead atoms. The molecule has 2 amide bonds. The molecular formula is C28H30F3N7O3. The number of hydrogen-bond donors (Lipinski definition) is 3. The van der Waals surface area contributed by atoms with Gasteiger partial charge in [-0.15, -0.1) is 0 Å². The van der Waals surface area contributed by atoms with Gasteiger partial charge in [-0.1, -0.05) is 0 Å². The number of nitrogens with zero attached hydrogens (tertiary/aromatic N) is 4. The Hall–Kier alpha value is -4.23. The highest BCUT2D eigenvalue weighted by molar-refractivity contribution is 5.92. The second kappa shape index (κ2) is 11.7. The number of nitrogens with two attached hydrogens (primary N) is 1. The van der Waals surface area contributed by atoms with Crippen LogP contribution in [0.4, 0.5) is 19.0 Å². The van der Waals surface area contributed by atoms with Crippen molar-refractivity contribution in [2.45, 2.75) is 25.2 Å². The number of alkyl halides is 3. The number of hydrogen-bond acceptors (Lipinski definition) is 8. The molecule has 2 fully saturated rings. The second-order valence-corrected chi connectivity index (χ2v) is 10.1. The summed E-state index contributed by atoms with van der Waals surface area (Å²) in [6.45, 7) is 4.49. The van der Waals surface area contributed by atoms with E-state index in [0.29, 0.717) is 36.6 Å². The smallest absolute Gasteiger partial charge is 0.416 e. The first kappa shape index (κ1) is 28.3. The average Bonchev–Trinajstić information content (AvgIpc) is 3.33. The van der Waals surface area contributed by atoms with Gasteiger partial charge in [0.15, 0.2) is 5.82 Å². The van der Waals surface area contributed by atoms with Crippen LogP contribution in [0.3, 0.4) is 0 Å². The Kier molecular flexibility index (Phi) is 8.08. The minimum atomic E-state index is -4.44. The highest BCUT2D eigenvalue weighted by atomic mass is 19.4. The van der Waals surface area contributed by atoms with Crippen molar-refractivity contribution in [3.05, 3.63) is 65.4 Å². The minimum absolute atomic E-state index is 0.00784. The maximum atomic E-state index is 13.0. The predicted octanol–water partition coefficient (Wildman–Crippen LogP) is 3.10. The van der Waals surface area contributed by atoms with Crippen LogP contribution >= 0.6 is 0 Å². The van der Waals surface area contributed by atoms with Crippen LogP contribution in [-0.2, 0) is 17.5 Å². The van der Waals surface area contributed by atoms with E-state index in [9.17, 15) is 22.8 Å². The van der Waals surface area contributed by atoms with Gasteiger partial charge in [-0.3, -0.25) is 14.5 Å². The zero-order valence-corrected chi connectivity index (χ0v) is 22.4. The lowest BCUT2D eigenvalue weighted by atomic mass is 10.0. The van der Waals surface area contributed by atoms with Gasteiger partial charge in [-0.05, 0) is 61.5 Å². The first-order chi connectivity index (χ1) is 19.5. The van der Waals surface area contributed by atoms with E-state index in [1.807, 2.05) is 0 Å². The normalized spacial score (nSPS) is 18.2. The molecule has 4 N–H and O–H groups in total. The number of ether oxygens (including phenoxy) is 1. The summed E-state index contributed by atoms with van der Waals surface area (Å²) in [6.07, 6.45) is -3.88. The number of amides is 2. The number of carbonyl (C=O) groups excluding carboxylic acids is 2. The van der Waals surface area contributed by atoms with Crippen molar-refractivity contribution in [2.24, 2.45) is 5.73 Å². The third kappa shape index (κ3) is 6.92. The van der Waals surface area contributed by atoms with Gasteiger partial charge in [0.2, 0.25) is 5.91 Å². The van der Waals surface area contributed by atoms with E-state index in [4.69, 9.17) is 10.5 Å². The van der Waals surface area contributed by atoms with E-state index in [1.165, 1.54) is 18.2 Å². The molecule has 216 valence electrons. The Labute approximate surface area is 234 Å². The summed E-state index contributed by atoms with van der Waals surface area (Å²) in [5.41, 5.74) is 6.23. The van der Waals surface area contributed by atoms with Gasteiger partial charge in [0.1, 0.15) is 29.1 Å². The molecule has 0 unspecified atom stereocenters. The molecule has 0 aliphatic carbocycles. The fourth-order valence-electron chi connectivity index (χ4n) is 4.76. The van der Waals surface area contributed by atoms with E-state index in [0.717, 1.165) is 43.9 Å². The number of anilines is 1. The zero-order valence-electron chi connectivity index (χ0n) is 22.4. The summed E-state index contributed by atoms with van der Waals surface area (Å²) in [6, 6.07) is 10.6. The van der Waals surface area contributed by atoms with Gasteiger partial charge in [0.25, 0.3) is 5.91 Å². The predicted molar refractivity (Wildman–Crippen MR) is 145 cm³/mol. The lowest BCUT2D eigenvalue weighted by molar-refractivity contribution is -0.137. The summed E-state index contributed by atoms with van der Waals surface area (Å²) in [7, 11) is 2.06. The van der Waals surface area contributed by atoms with Gasteiger partial charge >= 0.3 is 6.18 Å². The van der Waals surface area contributed by atoms with Crippen molar-refractivity contribution < 1.29 is 27.5 Å². The van der Waals surface area contributed by atoms with E-state index < -0.39 is 23.7 Å². The number of carbonyl (C=O) groups is 2. The molecule has 10 nitrogen and oxygen atoms in total. The molecule has 3 heterocycles. The lowest BCUT2D eigenvalue weighted by Crippen LogP contribution is -2.43. The maximum Gasteiger partial charge on any atom is 0.416 e. The van der Waals surface area contributed by atoms with Crippen LogP contribution in [0.2, 0.25) is 0 Å². The molecule has 5 rings (SSSR count). The van der Waals surface area contributed by atoms with Crippen molar-refractivity contribution in [1.82, 2.24) is 25.1 Å². The van der Waals surface area contributed by atoms with Crippen LogP contribution in [-0.4, -0.2) is 77.4 Å². The standard InChI is InChI=1S/C28H30F3N7O3/c1-37-10-12-38(13-11-37)16-17-14-20(41-19-4-2-18(3-5-19)28(29,30)31)6-7-21(17)26-35-23(25(32)39)15-24(36-26)34-22-8-9-33-27(22)40/h2-7,14-15,22H,8-13,16H2,1H3,(H2,32,39)(H,33,40)(H,34,35,36)/t22-/m0/s1.